The Labute approximate surface area is 150 Å². The normalized spacial score (nSPS) is 18.5. The molecule has 3 rings (SSSR count). The number of amides is 1. The van der Waals surface area contributed by atoms with Gasteiger partial charge in [-0.2, -0.15) is 0 Å². The van der Waals surface area contributed by atoms with Crippen molar-refractivity contribution in [1.29, 1.82) is 0 Å². The smallest absolute Gasteiger partial charge is 0.245 e. The quantitative estimate of drug-likeness (QED) is 0.845. The molecule has 3 N–H and O–H groups in total. The average molecular weight is 389 g/mol. The lowest BCUT2D eigenvalue weighted by Crippen LogP contribution is -2.50. The second kappa shape index (κ2) is 6.22. The van der Waals surface area contributed by atoms with Crippen LogP contribution < -0.4 is 15.8 Å². The van der Waals surface area contributed by atoms with Crippen LogP contribution in [0.4, 0.5) is 0 Å². The van der Waals surface area contributed by atoms with Crippen LogP contribution in [-0.4, -0.2) is 12.5 Å². The van der Waals surface area contributed by atoms with Gasteiger partial charge < -0.3 is 15.8 Å². The first-order valence-electron chi connectivity index (χ1n) is 7.89. The molecule has 1 heterocycles. The van der Waals surface area contributed by atoms with Crippen molar-refractivity contribution in [1.82, 2.24) is 5.32 Å². The summed E-state index contributed by atoms with van der Waals surface area (Å²) in [6.07, 6.45) is 0. The van der Waals surface area contributed by atoms with Crippen LogP contribution in [0.1, 0.15) is 35.2 Å². The topological polar surface area (TPSA) is 64.3 Å². The van der Waals surface area contributed by atoms with Gasteiger partial charge in [0.05, 0.1) is 6.04 Å². The van der Waals surface area contributed by atoms with Gasteiger partial charge in [0.1, 0.15) is 17.9 Å². The number of nitrogens with one attached hydrogen (secondary N) is 1. The molecule has 2 unspecified atom stereocenters. The molecule has 1 aliphatic heterocycles. The molecule has 0 spiro atoms. The molecular weight excluding hydrogens is 368 g/mol. The monoisotopic (exact) mass is 388 g/mol. The van der Waals surface area contributed by atoms with Crippen LogP contribution >= 0.6 is 15.9 Å². The summed E-state index contributed by atoms with van der Waals surface area (Å²) < 4.78 is 6.75. The van der Waals surface area contributed by atoms with Gasteiger partial charge in [0.2, 0.25) is 5.91 Å². The lowest BCUT2D eigenvalue weighted by atomic mass is 9.91. The molecule has 2 aromatic carbocycles. The predicted octanol–water partition coefficient (Wildman–Crippen LogP) is 3.49. The molecule has 5 heteroatoms. The molecule has 0 fully saturated rings. The Bertz CT molecular complexity index is 785. The predicted molar refractivity (Wildman–Crippen MR) is 98.0 cm³/mol. The van der Waals surface area contributed by atoms with Gasteiger partial charge in [0, 0.05) is 10.0 Å². The molecule has 0 aromatic heterocycles. The molecule has 2 aromatic rings. The summed E-state index contributed by atoms with van der Waals surface area (Å²) in [5, 5.41) is 3.03. The van der Waals surface area contributed by atoms with Crippen LogP contribution in [0.25, 0.3) is 0 Å². The first-order valence-corrected chi connectivity index (χ1v) is 8.69. The molecule has 126 valence electrons. The van der Waals surface area contributed by atoms with Crippen molar-refractivity contribution in [3.63, 3.8) is 0 Å². The number of rotatable bonds is 3. The Morgan fingerprint density at radius 3 is 2.58 bits per heavy atom. The minimum Gasteiger partial charge on any atom is -0.490 e. The number of halogens is 1. The SMILES string of the molecule is Cc1ccc2c(c1C)OCC2NC(=O)C(C)(N)c1ccc(Br)cc1. The average Bonchev–Trinajstić information content (AvgIpc) is 2.95. The minimum absolute atomic E-state index is 0.176. The number of carbonyl (C=O) groups is 1. The fourth-order valence-corrected chi connectivity index (χ4v) is 3.15. The molecule has 0 radical (unpaired) electrons. The number of aryl methyl sites for hydroxylation is 1. The molecule has 0 aliphatic carbocycles. The van der Waals surface area contributed by atoms with Crippen molar-refractivity contribution in [3.05, 3.63) is 63.1 Å². The summed E-state index contributed by atoms with van der Waals surface area (Å²) in [6, 6.07) is 11.4. The van der Waals surface area contributed by atoms with Crippen molar-refractivity contribution >= 4 is 21.8 Å². The Hall–Kier alpha value is -1.85. The highest BCUT2D eigenvalue weighted by atomic mass is 79.9. The summed E-state index contributed by atoms with van der Waals surface area (Å²) in [7, 11) is 0. The van der Waals surface area contributed by atoms with E-state index in [2.05, 4.69) is 34.2 Å². The van der Waals surface area contributed by atoms with Crippen molar-refractivity contribution in [2.75, 3.05) is 6.61 Å². The summed E-state index contributed by atoms with van der Waals surface area (Å²) in [5.74, 6) is 0.659. The van der Waals surface area contributed by atoms with E-state index in [1.165, 1.54) is 5.56 Å². The van der Waals surface area contributed by atoms with Crippen molar-refractivity contribution in [2.45, 2.75) is 32.4 Å². The minimum atomic E-state index is -1.11. The van der Waals surface area contributed by atoms with E-state index in [0.29, 0.717) is 6.61 Å². The zero-order chi connectivity index (χ0) is 17.5. The van der Waals surface area contributed by atoms with E-state index in [1.54, 1.807) is 6.92 Å². The van der Waals surface area contributed by atoms with E-state index < -0.39 is 5.54 Å². The van der Waals surface area contributed by atoms with E-state index in [0.717, 1.165) is 26.9 Å². The van der Waals surface area contributed by atoms with Crippen LogP contribution in [0.3, 0.4) is 0 Å². The van der Waals surface area contributed by atoms with E-state index in [-0.39, 0.29) is 11.9 Å². The Morgan fingerprint density at radius 2 is 1.92 bits per heavy atom. The third-order valence-corrected chi connectivity index (χ3v) is 5.23. The van der Waals surface area contributed by atoms with E-state index in [1.807, 2.05) is 37.3 Å². The van der Waals surface area contributed by atoms with E-state index in [9.17, 15) is 4.79 Å². The lowest BCUT2D eigenvalue weighted by Gasteiger charge is -2.26. The molecule has 2 atom stereocenters. The van der Waals surface area contributed by atoms with Gasteiger partial charge in [-0.25, -0.2) is 0 Å². The van der Waals surface area contributed by atoms with Crippen LogP contribution in [-0.2, 0) is 10.3 Å². The largest absolute Gasteiger partial charge is 0.490 e. The number of carbonyl (C=O) groups excluding carboxylic acids is 1. The number of benzene rings is 2. The standard InChI is InChI=1S/C19H21BrN2O2/c1-11-4-9-15-16(10-24-17(15)12(11)2)22-18(23)19(3,21)13-5-7-14(20)8-6-13/h4-9,16H,10,21H2,1-3H3,(H,22,23). The summed E-state index contributed by atoms with van der Waals surface area (Å²) in [5.41, 5.74) is 9.28. The summed E-state index contributed by atoms with van der Waals surface area (Å²) >= 11 is 3.39. The second-order valence-electron chi connectivity index (χ2n) is 6.47. The third-order valence-electron chi connectivity index (χ3n) is 4.70. The highest BCUT2D eigenvalue weighted by Crippen LogP contribution is 2.37. The molecule has 4 nitrogen and oxygen atoms in total. The summed E-state index contributed by atoms with van der Waals surface area (Å²) in [4.78, 5) is 12.8. The second-order valence-corrected chi connectivity index (χ2v) is 7.39. The first kappa shape index (κ1) is 17.0. The number of fused-ring (bicyclic) bond motifs is 1. The molecule has 1 aliphatic rings. The van der Waals surface area contributed by atoms with Gasteiger partial charge in [-0.15, -0.1) is 0 Å². The van der Waals surface area contributed by atoms with E-state index >= 15 is 0 Å². The first-order chi connectivity index (χ1) is 11.3. The maximum absolute atomic E-state index is 12.8. The van der Waals surface area contributed by atoms with Crippen molar-refractivity contribution in [3.8, 4) is 5.75 Å². The van der Waals surface area contributed by atoms with Gasteiger partial charge in [-0.05, 0) is 49.6 Å². The lowest BCUT2D eigenvalue weighted by molar-refractivity contribution is -0.127. The van der Waals surface area contributed by atoms with Crippen LogP contribution in [0, 0.1) is 13.8 Å². The van der Waals surface area contributed by atoms with Gasteiger partial charge in [-0.1, -0.05) is 40.2 Å². The molecule has 1 amide bonds. The molecule has 0 saturated heterocycles. The third kappa shape index (κ3) is 2.94. The van der Waals surface area contributed by atoms with Crippen LogP contribution in [0.5, 0.6) is 5.75 Å². The van der Waals surface area contributed by atoms with Crippen molar-refractivity contribution < 1.29 is 9.53 Å². The Kier molecular flexibility index (Phi) is 4.40. The molecule has 0 bridgehead atoms. The van der Waals surface area contributed by atoms with Crippen molar-refractivity contribution in [2.24, 2.45) is 5.73 Å². The van der Waals surface area contributed by atoms with Crippen LogP contribution in [0.15, 0.2) is 40.9 Å². The zero-order valence-corrected chi connectivity index (χ0v) is 15.6. The number of ether oxygens (including phenoxy) is 1. The summed E-state index contributed by atoms with van der Waals surface area (Å²) in [6.45, 7) is 6.24. The fraction of sp³-hybridized carbons (Fsp3) is 0.316. The fourth-order valence-electron chi connectivity index (χ4n) is 2.89. The van der Waals surface area contributed by atoms with Gasteiger partial charge >= 0.3 is 0 Å². The maximum atomic E-state index is 12.8. The van der Waals surface area contributed by atoms with E-state index in [4.69, 9.17) is 10.5 Å². The molecular formula is C19H21BrN2O2. The number of hydrogen-bond acceptors (Lipinski definition) is 3. The number of hydrogen-bond donors (Lipinski definition) is 2. The maximum Gasteiger partial charge on any atom is 0.245 e. The molecule has 0 saturated carbocycles. The highest BCUT2D eigenvalue weighted by Gasteiger charge is 2.35. The Balaban J connectivity index is 1.82. The van der Waals surface area contributed by atoms with Gasteiger partial charge in [0.15, 0.2) is 0 Å². The molecule has 24 heavy (non-hydrogen) atoms. The van der Waals surface area contributed by atoms with Gasteiger partial charge in [-0.3, -0.25) is 4.79 Å². The highest BCUT2D eigenvalue weighted by molar-refractivity contribution is 9.10. The zero-order valence-electron chi connectivity index (χ0n) is 14.0. The van der Waals surface area contributed by atoms with Gasteiger partial charge in [0.25, 0.3) is 0 Å². The number of nitrogens with two attached hydrogens (primary N) is 1. The Morgan fingerprint density at radius 1 is 1.25 bits per heavy atom. The van der Waals surface area contributed by atoms with Crippen LogP contribution in [0.2, 0.25) is 0 Å².